The number of methoxy groups -OCH3 is 1. The fourth-order valence-corrected chi connectivity index (χ4v) is 6.24. The predicted octanol–water partition coefficient (Wildman–Crippen LogP) is 3.86. The van der Waals surface area contributed by atoms with Crippen LogP contribution >= 0.6 is 0 Å². The summed E-state index contributed by atoms with van der Waals surface area (Å²) in [7, 11) is -2.35. The van der Waals surface area contributed by atoms with Gasteiger partial charge in [-0.1, -0.05) is 18.6 Å². The quantitative estimate of drug-likeness (QED) is 0.657. The second kappa shape index (κ2) is 9.58. The van der Waals surface area contributed by atoms with E-state index in [1.807, 2.05) is 24.3 Å². The van der Waals surface area contributed by atoms with Crippen molar-refractivity contribution in [1.29, 1.82) is 0 Å². The molecule has 8 heteroatoms. The minimum absolute atomic E-state index is 0.00168. The van der Waals surface area contributed by atoms with Gasteiger partial charge in [0.1, 0.15) is 16.5 Å². The molecule has 2 aromatic rings. The number of likely N-dealkylation sites (tertiary alicyclic amines) is 1. The Kier molecular flexibility index (Phi) is 6.81. The molecule has 32 heavy (non-hydrogen) atoms. The molecule has 0 saturated carbocycles. The molecular formula is C24H29FN2O4S. The van der Waals surface area contributed by atoms with Gasteiger partial charge in [0.15, 0.2) is 0 Å². The summed E-state index contributed by atoms with van der Waals surface area (Å²) >= 11 is 0. The number of nitrogens with zero attached hydrogens (tertiary/aromatic N) is 2. The van der Waals surface area contributed by atoms with Gasteiger partial charge in [0.05, 0.1) is 7.11 Å². The Morgan fingerprint density at radius 1 is 1.06 bits per heavy atom. The molecule has 2 aromatic carbocycles. The summed E-state index contributed by atoms with van der Waals surface area (Å²) < 4.78 is 47.2. The summed E-state index contributed by atoms with van der Waals surface area (Å²) in [5.74, 6) is -0.309. The van der Waals surface area contributed by atoms with E-state index < -0.39 is 20.7 Å². The summed E-state index contributed by atoms with van der Waals surface area (Å²) in [6.45, 7) is 1.36. The van der Waals surface area contributed by atoms with Gasteiger partial charge in [0, 0.05) is 31.2 Å². The zero-order valence-corrected chi connectivity index (χ0v) is 19.1. The number of sulfonamides is 1. The van der Waals surface area contributed by atoms with Crippen molar-refractivity contribution < 1.29 is 22.3 Å². The summed E-state index contributed by atoms with van der Waals surface area (Å²) in [6.07, 6.45) is 4.92. The van der Waals surface area contributed by atoms with Crippen LogP contribution in [0.3, 0.4) is 0 Å². The number of rotatable bonds is 6. The number of hydrogen-bond donors (Lipinski definition) is 0. The predicted molar refractivity (Wildman–Crippen MR) is 120 cm³/mol. The van der Waals surface area contributed by atoms with E-state index in [1.54, 1.807) is 12.0 Å². The monoisotopic (exact) mass is 460 g/mol. The smallest absolute Gasteiger partial charge is 0.254 e. The summed E-state index contributed by atoms with van der Waals surface area (Å²) in [5.41, 5.74) is 1.28. The SMILES string of the molecule is COc1cccc(CC2CCCN2C(=O)c2ccc(F)c(S(=O)(=O)N3CCCCC3)c2)c1. The third-order valence-corrected chi connectivity index (χ3v) is 8.27. The molecule has 2 aliphatic heterocycles. The van der Waals surface area contributed by atoms with Crippen molar-refractivity contribution in [3.05, 3.63) is 59.4 Å². The molecule has 1 unspecified atom stereocenters. The molecule has 0 radical (unpaired) electrons. The second-order valence-electron chi connectivity index (χ2n) is 8.46. The highest BCUT2D eigenvalue weighted by molar-refractivity contribution is 7.89. The number of amides is 1. The maximum atomic E-state index is 14.6. The summed E-state index contributed by atoms with van der Waals surface area (Å²) in [6, 6.07) is 11.5. The highest BCUT2D eigenvalue weighted by Gasteiger charge is 2.33. The largest absolute Gasteiger partial charge is 0.497 e. The number of piperidine rings is 1. The van der Waals surface area contributed by atoms with Gasteiger partial charge in [0.25, 0.3) is 5.91 Å². The Hall–Kier alpha value is -2.45. The zero-order valence-electron chi connectivity index (χ0n) is 18.3. The molecule has 0 bridgehead atoms. The highest BCUT2D eigenvalue weighted by atomic mass is 32.2. The molecule has 4 rings (SSSR count). The van der Waals surface area contributed by atoms with E-state index in [2.05, 4.69) is 0 Å². The lowest BCUT2D eigenvalue weighted by molar-refractivity contribution is 0.0736. The van der Waals surface area contributed by atoms with Crippen molar-refractivity contribution in [3.63, 3.8) is 0 Å². The van der Waals surface area contributed by atoms with Crippen molar-refractivity contribution in [2.24, 2.45) is 0 Å². The topological polar surface area (TPSA) is 66.9 Å². The third-order valence-electron chi connectivity index (χ3n) is 6.35. The maximum Gasteiger partial charge on any atom is 0.254 e. The molecule has 0 spiro atoms. The van der Waals surface area contributed by atoms with Gasteiger partial charge in [-0.2, -0.15) is 4.31 Å². The van der Waals surface area contributed by atoms with Crippen LogP contribution in [0.1, 0.15) is 48.0 Å². The summed E-state index contributed by atoms with van der Waals surface area (Å²) in [4.78, 5) is 14.7. The van der Waals surface area contributed by atoms with E-state index in [0.717, 1.165) is 49.5 Å². The van der Waals surface area contributed by atoms with Crippen LogP contribution in [0.4, 0.5) is 4.39 Å². The number of halogens is 1. The molecule has 172 valence electrons. The molecule has 1 amide bonds. The first kappa shape index (κ1) is 22.7. The van der Waals surface area contributed by atoms with Crippen LogP contribution in [-0.4, -0.2) is 56.3 Å². The lowest BCUT2D eigenvalue weighted by Crippen LogP contribution is -2.38. The van der Waals surface area contributed by atoms with Crippen molar-refractivity contribution in [3.8, 4) is 5.75 Å². The Morgan fingerprint density at radius 2 is 1.84 bits per heavy atom. The molecular weight excluding hydrogens is 431 g/mol. The second-order valence-corrected chi connectivity index (χ2v) is 10.4. The van der Waals surface area contributed by atoms with Crippen LogP contribution in [0.2, 0.25) is 0 Å². The van der Waals surface area contributed by atoms with Crippen molar-refractivity contribution in [2.75, 3.05) is 26.7 Å². The van der Waals surface area contributed by atoms with Crippen LogP contribution in [0.5, 0.6) is 5.75 Å². The molecule has 0 N–H and O–H groups in total. The molecule has 2 fully saturated rings. The van der Waals surface area contributed by atoms with E-state index in [4.69, 9.17) is 4.74 Å². The maximum absolute atomic E-state index is 14.6. The Labute approximate surface area is 189 Å². The fourth-order valence-electron chi connectivity index (χ4n) is 4.63. The fraction of sp³-hybridized carbons (Fsp3) is 0.458. The first-order chi connectivity index (χ1) is 15.4. The Morgan fingerprint density at radius 3 is 2.59 bits per heavy atom. The highest BCUT2D eigenvalue weighted by Crippen LogP contribution is 2.28. The average molecular weight is 461 g/mol. The van der Waals surface area contributed by atoms with Gasteiger partial charge >= 0.3 is 0 Å². The Bertz CT molecular complexity index is 1080. The van der Waals surface area contributed by atoms with Crippen LogP contribution in [0.15, 0.2) is 47.4 Å². The van der Waals surface area contributed by atoms with E-state index in [9.17, 15) is 17.6 Å². The van der Waals surface area contributed by atoms with Crippen LogP contribution < -0.4 is 4.74 Å². The number of carbonyl (C=O) groups excluding carboxylic acids is 1. The number of ether oxygens (including phenoxy) is 1. The molecule has 6 nitrogen and oxygen atoms in total. The van der Waals surface area contributed by atoms with Gasteiger partial charge in [-0.3, -0.25) is 4.79 Å². The molecule has 0 aliphatic carbocycles. The van der Waals surface area contributed by atoms with E-state index in [1.165, 1.54) is 16.4 Å². The average Bonchev–Trinajstić information content (AvgIpc) is 3.27. The summed E-state index contributed by atoms with van der Waals surface area (Å²) in [5, 5.41) is 0. The number of carbonyl (C=O) groups is 1. The van der Waals surface area contributed by atoms with Crippen LogP contribution in [0.25, 0.3) is 0 Å². The molecule has 2 heterocycles. The zero-order chi connectivity index (χ0) is 22.7. The Balaban J connectivity index is 1.56. The van der Waals surface area contributed by atoms with Crippen molar-refractivity contribution in [1.82, 2.24) is 9.21 Å². The number of hydrogen-bond acceptors (Lipinski definition) is 4. The number of benzene rings is 2. The minimum atomic E-state index is -3.97. The van der Waals surface area contributed by atoms with Gasteiger partial charge in [-0.05, 0) is 68.0 Å². The van der Waals surface area contributed by atoms with Gasteiger partial charge in [0.2, 0.25) is 10.0 Å². The molecule has 0 aromatic heterocycles. The molecule has 2 saturated heterocycles. The molecule has 2 aliphatic rings. The van der Waals surface area contributed by atoms with Gasteiger partial charge < -0.3 is 9.64 Å². The van der Waals surface area contributed by atoms with Crippen LogP contribution in [0, 0.1) is 5.82 Å². The van der Waals surface area contributed by atoms with Crippen molar-refractivity contribution >= 4 is 15.9 Å². The van der Waals surface area contributed by atoms with Gasteiger partial charge in [-0.25, -0.2) is 12.8 Å². The first-order valence-corrected chi connectivity index (χ1v) is 12.6. The lowest BCUT2D eigenvalue weighted by atomic mass is 10.0. The van der Waals surface area contributed by atoms with Crippen molar-refractivity contribution in [2.45, 2.75) is 49.5 Å². The van der Waals surface area contributed by atoms with Gasteiger partial charge in [-0.15, -0.1) is 0 Å². The van der Waals surface area contributed by atoms with E-state index >= 15 is 0 Å². The lowest BCUT2D eigenvalue weighted by Gasteiger charge is -2.27. The standard InChI is InChI=1S/C24H29FN2O4S/c1-31-21-9-5-7-18(16-21)15-20-8-6-14-27(20)24(28)19-10-11-22(25)23(17-19)32(29,30)26-12-3-2-4-13-26/h5,7,9-11,16-17,20H,2-4,6,8,12-15H2,1H3. The minimum Gasteiger partial charge on any atom is -0.497 e. The third kappa shape index (κ3) is 4.66. The van der Waals surface area contributed by atoms with E-state index in [-0.39, 0.29) is 17.5 Å². The van der Waals surface area contributed by atoms with E-state index in [0.29, 0.717) is 26.1 Å². The van der Waals surface area contributed by atoms with Crippen LogP contribution in [-0.2, 0) is 16.4 Å². The first-order valence-electron chi connectivity index (χ1n) is 11.1. The normalized spacial score (nSPS) is 19.8. The molecule has 1 atom stereocenters.